The van der Waals surface area contributed by atoms with Crippen LogP contribution >= 0.6 is 0 Å². The first-order valence-corrected chi connectivity index (χ1v) is 8.13. The van der Waals surface area contributed by atoms with E-state index >= 15 is 0 Å². The van der Waals surface area contributed by atoms with Crippen molar-refractivity contribution >= 4 is 6.09 Å². The summed E-state index contributed by atoms with van der Waals surface area (Å²) in [6, 6.07) is 5.01. The maximum atomic E-state index is 11.9. The lowest BCUT2D eigenvalue weighted by Gasteiger charge is -2.44. The Balaban J connectivity index is 2.17. The molecule has 0 unspecified atom stereocenters. The maximum absolute atomic E-state index is 11.9. The Labute approximate surface area is 136 Å². The fourth-order valence-electron chi connectivity index (χ4n) is 3.56. The van der Waals surface area contributed by atoms with Crippen molar-refractivity contribution in [2.75, 3.05) is 0 Å². The molecule has 1 heterocycles. The standard InChI is InChI=1S/C17H27N3O3/c1-17(2,3)20(16(22)23)13-7-8-14(18)12(10-13)11-19-9-5-4-6-15(19)21/h4-6,9,12-14H,7-8,10-11,18H2,1-3H3,(H,22,23)/t12-,13+,14-/m0/s1. The zero-order valence-electron chi connectivity index (χ0n) is 14.1. The molecule has 1 saturated carbocycles. The van der Waals surface area contributed by atoms with Gasteiger partial charge in [-0.25, -0.2) is 4.79 Å². The average Bonchev–Trinajstić information content (AvgIpc) is 2.43. The monoisotopic (exact) mass is 321 g/mol. The van der Waals surface area contributed by atoms with Gasteiger partial charge in [0.05, 0.1) is 0 Å². The van der Waals surface area contributed by atoms with Crippen LogP contribution in [0.5, 0.6) is 0 Å². The molecule has 3 N–H and O–H groups in total. The lowest BCUT2D eigenvalue weighted by Crippen LogP contribution is -2.55. The van der Waals surface area contributed by atoms with Crippen LogP contribution in [0.1, 0.15) is 40.0 Å². The molecule has 1 fully saturated rings. The first kappa shape index (κ1) is 17.5. The highest BCUT2D eigenvalue weighted by Gasteiger charge is 2.38. The quantitative estimate of drug-likeness (QED) is 0.892. The van der Waals surface area contributed by atoms with Gasteiger partial charge in [0, 0.05) is 36.4 Å². The SMILES string of the molecule is CC(C)(C)N(C(=O)O)[C@@H]1CC[C@H](N)[C@H](Cn2ccccc2=O)C1. The van der Waals surface area contributed by atoms with Gasteiger partial charge in [-0.15, -0.1) is 0 Å². The van der Waals surface area contributed by atoms with Gasteiger partial charge >= 0.3 is 6.09 Å². The number of rotatable bonds is 3. The molecule has 2 rings (SSSR count). The maximum Gasteiger partial charge on any atom is 0.407 e. The fraction of sp³-hybridized carbons (Fsp3) is 0.647. The van der Waals surface area contributed by atoms with Crippen molar-refractivity contribution in [3.05, 3.63) is 34.7 Å². The zero-order valence-corrected chi connectivity index (χ0v) is 14.1. The molecule has 0 aliphatic heterocycles. The van der Waals surface area contributed by atoms with Crippen molar-refractivity contribution in [2.24, 2.45) is 11.7 Å². The molecule has 1 aliphatic carbocycles. The number of nitrogens with two attached hydrogens (primary N) is 1. The van der Waals surface area contributed by atoms with Gasteiger partial charge in [0.2, 0.25) is 0 Å². The van der Waals surface area contributed by atoms with Gasteiger partial charge in [-0.3, -0.25) is 4.79 Å². The highest BCUT2D eigenvalue weighted by atomic mass is 16.4. The van der Waals surface area contributed by atoms with E-state index in [4.69, 9.17) is 5.73 Å². The summed E-state index contributed by atoms with van der Waals surface area (Å²) in [5, 5.41) is 9.59. The van der Waals surface area contributed by atoms with Gasteiger partial charge in [-0.2, -0.15) is 0 Å². The Morgan fingerprint density at radius 2 is 2.09 bits per heavy atom. The van der Waals surface area contributed by atoms with Crippen LogP contribution in [0, 0.1) is 5.92 Å². The van der Waals surface area contributed by atoms with E-state index in [0.717, 1.165) is 12.8 Å². The summed E-state index contributed by atoms with van der Waals surface area (Å²) in [6.07, 6.45) is 3.10. The Kier molecular flexibility index (Phi) is 5.14. The van der Waals surface area contributed by atoms with E-state index in [1.807, 2.05) is 26.8 Å². The Morgan fingerprint density at radius 3 is 2.65 bits per heavy atom. The largest absolute Gasteiger partial charge is 0.465 e. The number of hydrogen-bond acceptors (Lipinski definition) is 3. The summed E-state index contributed by atoms with van der Waals surface area (Å²) < 4.78 is 1.66. The van der Waals surface area contributed by atoms with Gasteiger partial charge in [-0.1, -0.05) is 6.07 Å². The average molecular weight is 321 g/mol. The second-order valence-corrected chi connectivity index (χ2v) is 7.41. The van der Waals surface area contributed by atoms with Crippen molar-refractivity contribution in [3.8, 4) is 0 Å². The zero-order chi connectivity index (χ0) is 17.2. The summed E-state index contributed by atoms with van der Waals surface area (Å²) in [4.78, 5) is 25.1. The third-order valence-corrected chi connectivity index (χ3v) is 4.64. The second kappa shape index (κ2) is 6.74. The van der Waals surface area contributed by atoms with Crippen LogP contribution in [0.25, 0.3) is 0 Å². The van der Waals surface area contributed by atoms with Crippen LogP contribution in [-0.2, 0) is 6.54 Å². The van der Waals surface area contributed by atoms with Gasteiger partial charge in [0.25, 0.3) is 5.56 Å². The molecule has 1 aromatic heterocycles. The smallest absolute Gasteiger partial charge is 0.407 e. The summed E-state index contributed by atoms with van der Waals surface area (Å²) in [5.74, 6) is 0.0954. The number of pyridine rings is 1. The Morgan fingerprint density at radius 1 is 1.39 bits per heavy atom. The molecule has 1 amide bonds. The van der Waals surface area contributed by atoms with Crippen molar-refractivity contribution < 1.29 is 9.90 Å². The lowest BCUT2D eigenvalue weighted by atomic mass is 9.80. The topological polar surface area (TPSA) is 88.6 Å². The Hall–Kier alpha value is -1.82. The molecule has 3 atom stereocenters. The molecular weight excluding hydrogens is 294 g/mol. The molecule has 6 heteroatoms. The normalized spacial score (nSPS) is 25.1. The summed E-state index contributed by atoms with van der Waals surface area (Å²) in [6.45, 7) is 6.26. The summed E-state index contributed by atoms with van der Waals surface area (Å²) in [7, 11) is 0. The molecule has 23 heavy (non-hydrogen) atoms. The van der Waals surface area contributed by atoms with Gasteiger partial charge in [-0.05, 0) is 52.0 Å². The van der Waals surface area contributed by atoms with E-state index in [-0.39, 0.29) is 23.6 Å². The third kappa shape index (κ3) is 4.13. The first-order valence-electron chi connectivity index (χ1n) is 8.13. The van der Waals surface area contributed by atoms with Crippen LogP contribution in [-0.4, -0.2) is 38.3 Å². The van der Waals surface area contributed by atoms with Gasteiger partial charge < -0.3 is 20.3 Å². The molecule has 1 aliphatic rings. The molecule has 0 spiro atoms. The number of nitrogens with zero attached hydrogens (tertiary/aromatic N) is 2. The van der Waals surface area contributed by atoms with Crippen molar-refractivity contribution in [2.45, 2.75) is 64.2 Å². The minimum atomic E-state index is -0.895. The number of carbonyl (C=O) groups is 1. The van der Waals surface area contributed by atoms with Crippen LogP contribution in [0.3, 0.4) is 0 Å². The van der Waals surface area contributed by atoms with Crippen molar-refractivity contribution in [1.82, 2.24) is 9.47 Å². The highest BCUT2D eigenvalue weighted by Crippen LogP contribution is 2.32. The third-order valence-electron chi connectivity index (χ3n) is 4.64. The summed E-state index contributed by atoms with van der Waals surface area (Å²) in [5.41, 5.74) is 5.74. The van der Waals surface area contributed by atoms with E-state index in [2.05, 4.69) is 0 Å². The predicted molar refractivity (Wildman–Crippen MR) is 89.4 cm³/mol. The molecule has 6 nitrogen and oxygen atoms in total. The molecule has 0 saturated heterocycles. The molecule has 1 aromatic rings. The number of carboxylic acid groups (broad SMARTS) is 1. The van der Waals surface area contributed by atoms with Crippen molar-refractivity contribution in [3.63, 3.8) is 0 Å². The second-order valence-electron chi connectivity index (χ2n) is 7.41. The predicted octanol–water partition coefficient (Wildman–Crippen LogP) is 2.12. The minimum Gasteiger partial charge on any atom is -0.465 e. The molecule has 128 valence electrons. The van der Waals surface area contributed by atoms with Crippen LogP contribution < -0.4 is 11.3 Å². The number of amides is 1. The van der Waals surface area contributed by atoms with E-state index < -0.39 is 11.6 Å². The van der Waals surface area contributed by atoms with Crippen LogP contribution in [0.15, 0.2) is 29.2 Å². The minimum absolute atomic E-state index is 0.00558. The number of aromatic nitrogens is 1. The lowest BCUT2D eigenvalue weighted by molar-refractivity contribution is 0.0413. The van der Waals surface area contributed by atoms with E-state index in [1.54, 1.807) is 21.7 Å². The van der Waals surface area contributed by atoms with Crippen LogP contribution in [0.4, 0.5) is 4.79 Å². The first-order chi connectivity index (χ1) is 10.7. The molecule has 0 bridgehead atoms. The molecular formula is C17H27N3O3. The van der Waals surface area contributed by atoms with Crippen molar-refractivity contribution in [1.29, 1.82) is 0 Å². The summed E-state index contributed by atoms with van der Waals surface area (Å²) >= 11 is 0. The van der Waals surface area contributed by atoms with E-state index in [0.29, 0.717) is 13.0 Å². The number of hydrogen-bond donors (Lipinski definition) is 2. The van der Waals surface area contributed by atoms with Crippen LogP contribution in [0.2, 0.25) is 0 Å². The Bertz CT molecular complexity index is 606. The van der Waals surface area contributed by atoms with Gasteiger partial charge in [0.15, 0.2) is 0 Å². The molecule has 0 aromatic carbocycles. The highest BCUT2D eigenvalue weighted by molar-refractivity contribution is 5.66. The molecule has 0 radical (unpaired) electrons. The van der Waals surface area contributed by atoms with E-state index in [9.17, 15) is 14.7 Å². The fourth-order valence-corrected chi connectivity index (χ4v) is 3.56. The van der Waals surface area contributed by atoms with E-state index in [1.165, 1.54) is 6.07 Å². The van der Waals surface area contributed by atoms with Gasteiger partial charge in [0.1, 0.15) is 0 Å².